The predicted molar refractivity (Wildman–Crippen MR) is 78.3 cm³/mol. The Hall–Kier alpha value is -1.02. The second-order valence-electron chi connectivity index (χ2n) is 5.13. The van der Waals surface area contributed by atoms with E-state index in [0.717, 1.165) is 12.2 Å². The number of nitrogens with one attached hydrogen (secondary N) is 1. The van der Waals surface area contributed by atoms with Gasteiger partial charge in [-0.3, -0.25) is 0 Å². The van der Waals surface area contributed by atoms with Gasteiger partial charge in [-0.2, -0.15) is 0 Å². The van der Waals surface area contributed by atoms with E-state index in [4.69, 9.17) is 4.74 Å². The largest absolute Gasteiger partial charge is 0.491 e. The summed E-state index contributed by atoms with van der Waals surface area (Å²) in [5, 5.41) is 3.39. The molecular formula is C16H27NO. The molecule has 0 amide bonds. The van der Waals surface area contributed by atoms with Crippen LogP contribution >= 0.6 is 0 Å². The van der Waals surface area contributed by atoms with Gasteiger partial charge in [-0.05, 0) is 57.9 Å². The van der Waals surface area contributed by atoms with E-state index >= 15 is 0 Å². The Balaban J connectivity index is 2.51. The van der Waals surface area contributed by atoms with Crippen molar-refractivity contribution in [2.45, 2.75) is 58.6 Å². The van der Waals surface area contributed by atoms with Gasteiger partial charge in [-0.25, -0.2) is 0 Å². The Morgan fingerprint density at radius 3 is 2.61 bits per heavy atom. The summed E-state index contributed by atoms with van der Waals surface area (Å²) in [6, 6.07) is 9.10. The zero-order valence-corrected chi connectivity index (χ0v) is 12.2. The zero-order chi connectivity index (χ0) is 13.4. The molecule has 0 heterocycles. The first-order chi connectivity index (χ1) is 8.65. The van der Waals surface area contributed by atoms with Crippen molar-refractivity contribution >= 4 is 0 Å². The summed E-state index contributed by atoms with van der Waals surface area (Å²) in [4.78, 5) is 0. The lowest BCUT2D eigenvalue weighted by atomic mass is 10.0. The van der Waals surface area contributed by atoms with Crippen LogP contribution in [0.1, 0.15) is 45.6 Å². The molecule has 0 aliphatic carbocycles. The maximum absolute atomic E-state index is 5.72. The minimum absolute atomic E-state index is 0.241. The first-order valence-corrected chi connectivity index (χ1v) is 7.08. The van der Waals surface area contributed by atoms with E-state index in [1.54, 1.807) is 0 Å². The average Bonchev–Trinajstić information content (AvgIpc) is 2.34. The number of aryl methyl sites for hydroxylation is 1. The van der Waals surface area contributed by atoms with Crippen LogP contribution < -0.4 is 10.1 Å². The monoisotopic (exact) mass is 249 g/mol. The molecule has 0 aromatic heterocycles. The van der Waals surface area contributed by atoms with Crippen LogP contribution in [0.2, 0.25) is 0 Å². The zero-order valence-electron chi connectivity index (χ0n) is 12.2. The summed E-state index contributed by atoms with van der Waals surface area (Å²) < 4.78 is 5.72. The molecule has 0 spiro atoms. The van der Waals surface area contributed by atoms with Gasteiger partial charge in [-0.15, -0.1) is 0 Å². The normalized spacial score (nSPS) is 12.7. The number of hydrogen-bond donors (Lipinski definition) is 1. The molecule has 2 heteroatoms. The molecular weight excluding hydrogens is 222 g/mol. The fourth-order valence-electron chi connectivity index (χ4n) is 2.17. The molecule has 1 rings (SSSR count). The summed E-state index contributed by atoms with van der Waals surface area (Å²) in [6.45, 7) is 6.36. The molecule has 102 valence electrons. The molecule has 1 N–H and O–H groups in total. The second-order valence-corrected chi connectivity index (χ2v) is 5.13. The maximum atomic E-state index is 5.72. The van der Waals surface area contributed by atoms with E-state index in [9.17, 15) is 0 Å². The molecule has 0 saturated carbocycles. The van der Waals surface area contributed by atoms with E-state index in [2.05, 4.69) is 51.3 Å². The van der Waals surface area contributed by atoms with Crippen LogP contribution in [-0.2, 0) is 6.42 Å². The summed E-state index contributed by atoms with van der Waals surface area (Å²) in [5.41, 5.74) is 1.37. The molecule has 2 nitrogen and oxygen atoms in total. The Bertz CT molecular complexity index is 336. The number of hydrogen-bond acceptors (Lipinski definition) is 2. The highest BCUT2D eigenvalue weighted by Gasteiger charge is 2.06. The van der Waals surface area contributed by atoms with Crippen molar-refractivity contribution in [2.75, 3.05) is 7.05 Å². The van der Waals surface area contributed by atoms with Gasteiger partial charge in [0.2, 0.25) is 0 Å². The van der Waals surface area contributed by atoms with E-state index in [-0.39, 0.29) is 6.10 Å². The van der Waals surface area contributed by atoms with Crippen molar-refractivity contribution in [1.29, 1.82) is 0 Å². The van der Waals surface area contributed by atoms with Crippen LogP contribution in [0.3, 0.4) is 0 Å². The lowest BCUT2D eigenvalue weighted by Gasteiger charge is -2.15. The predicted octanol–water partition coefficient (Wildman–Crippen LogP) is 3.79. The van der Waals surface area contributed by atoms with Gasteiger partial charge in [0.25, 0.3) is 0 Å². The molecule has 18 heavy (non-hydrogen) atoms. The smallest absolute Gasteiger partial charge is 0.119 e. The maximum Gasteiger partial charge on any atom is 0.119 e. The Morgan fingerprint density at radius 2 is 2.00 bits per heavy atom. The fourth-order valence-corrected chi connectivity index (χ4v) is 2.17. The third kappa shape index (κ3) is 5.54. The van der Waals surface area contributed by atoms with E-state index in [0.29, 0.717) is 6.04 Å². The minimum atomic E-state index is 0.241. The molecule has 1 aromatic carbocycles. The van der Waals surface area contributed by atoms with Gasteiger partial charge in [-0.1, -0.05) is 25.5 Å². The van der Waals surface area contributed by atoms with Crippen LogP contribution in [-0.4, -0.2) is 19.2 Å². The minimum Gasteiger partial charge on any atom is -0.491 e. The summed E-state index contributed by atoms with van der Waals surface area (Å²) in [5.74, 6) is 0.985. The molecule has 0 saturated heterocycles. The van der Waals surface area contributed by atoms with Crippen molar-refractivity contribution in [3.8, 4) is 5.75 Å². The van der Waals surface area contributed by atoms with Gasteiger partial charge >= 0.3 is 0 Å². The third-order valence-corrected chi connectivity index (χ3v) is 3.10. The molecule has 0 aliphatic heterocycles. The van der Waals surface area contributed by atoms with Crippen molar-refractivity contribution in [3.05, 3.63) is 29.8 Å². The van der Waals surface area contributed by atoms with Gasteiger partial charge in [0.05, 0.1) is 6.10 Å². The highest BCUT2D eigenvalue weighted by atomic mass is 16.5. The highest BCUT2D eigenvalue weighted by Crippen LogP contribution is 2.17. The first kappa shape index (κ1) is 15.0. The van der Waals surface area contributed by atoms with Crippen molar-refractivity contribution in [3.63, 3.8) is 0 Å². The van der Waals surface area contributed by atoms with Gasteiger partial charge < -0.3 is 10.1 Å². The Kier molecular flexibility index (Phi) is 6.81. The van der Waals surface area contributed by atoms with Crippen LogP contribution in [0, 0.1) is 0 Å². The SMILES string of the molecule is CCCC(CCc1cccc(OC(C)C)c1)NC. The molecule has 0 radical (unpaired) electrons. The van der Waals surface area contributed by atoms with E-state index in [1.165, 1.54) is 24.8 Å². The summed E-state index contributed by atoms with van der Waals surface area (Å²) in [6.07, 6.45) is 5.03. The van der Waals surface area contributed by atoms with Crippen LogP contribution in [0.15, 0.2) is 24.3 Å². The third-order valence-electron chi connectivity index (χ3n) is 3.10. The summed E-state index contributed by atoms with van der Waals surface area (Å²) >= 11 is 0. The van der Waals surface area contributed by atoms with Gasteiger partial charge in [0.15, 0.2) is 0 Å². The van der Waals surface area contributed by atoms with E-state index < -0.39 is 0 Å². The highest BCUT2D eigenvalue weighted by molar-refractivity contribution is 5.28. The molecule has 1 aromatic rings. The second kappa shape index (κ2) is 8.15. The molecule has 0 fully saturated rings. The molecule has 0 aliphatic rings. The molecule has 1 unspecified atom stereocenters. The molecule has 1 atom stereocenters. The van der Waals surface area contributed by atoms with E-state index in [1.807, 2.05) is 6.07 Å². The molecule has 0 bridgehead atoms. The lowest BCUT2D eigenvalue weighted by molar-refractivity contribution is 0.242. The van der Waals surface area contributed by atoms with Crippen LogP contribution in [0.4, 0.5) is 0 Å². The first-order valence-electron chi connectivity index (χ1n) is 7.08. The quantitative estimate of drug-likeness (QED) is 0.756. The van der Waals surface area contributed by atoms with Gasteiger partial charge in [0, 0.05) is 6.04 Å². The standard InChI is InChI=1S/C16H27NO/c1-5-7-15(17-4)11-10-14-8-6-9-16(12-14)18-13(2)3/h6,8-9,12-13,15,17H,5,7,10-11H2,1-4H3. The average molecular weight is 249 g/mol. The Morgan fingerprint density at radius 1 is 1.22 bits per heavy atom. The van der Waals surface area contributed by atoms with Gasteiger partial charge in [0.1, 0.15) is 5.75 Å². The Labute approximate surface area is 112 Å². The number of benzene rings is 1. The van der Waals surface area contributed by atoms with Crippen molar-refractivity contribution in [2.24, 2.45) is 0 Å². The van der Waals surface area contributed by atoms with Crippen molar-refractivity contribution < 1.29 is 4.74 Å². The summed E-state index contributed by atoms with van der Waals surface area (Å²) in [7, 11) is 2.05. The number of rotatable bonds is 8. The number of ether oxygens (including phenoxy) is 1. The van der Waals surface area contributed by atoms with Crippen molar-refractivity contribution in [1.82, 2.24) is 5.32 Å². The van der Waals surface area contributed by atoms with Crippen LogP contribution in [0.5, 0.6) is 5.75 Å². The van der Waals surface area contributed by atoms with Crippen LogP contribution in [0.25, 0.3) is 0 Å². The topological polar surface area (TPSA) is 21.3 Å². The lowest BCUT2D eigenvalue weighted by Crippen LogP contribution is -2.25. The fraction of sp³-hybridized carbons (Fsp3) is 0.625.